The van der Waals surface area contributed by atoms with E-state index in [0.717, 1.165) is 0 Å². The van der Waals surface area contributed by atoms with Gasteiger partial charge in [-0.15, -0.1) is 0 Å². The fraction of sp³-hybridized carbons (Fsp3) is 0.286. The Bertz CT molecular complexity index is 245. The van der Waals surface area contributed by atoms with E-state index >= 15 is 0 Å². The molecule has 0 saturated heterocycles. The average molecular weight is 138 g/mol. The number of nitrogens with two attached hydrogens (primary N) is 1. The molecule has 0 heterocycles. The molecule has 3 heteroatoms. The van der Waals surface area contributed by atoms with Crippen LogP contribution in [0.5, 0.6) is 0 Å². The molecule has 0 aromatic heterocycles. The predicted octanol–water partition coefficient (Wildman–Crippen LogP) is 1.37. The minimum Gasteiger partial charge on any atom is -0.398 e. The van der Waals surface area contributed by atoms with Gasteiger partial charge < -0.3 is 5.73 Å². The maximum absolute atomic E-state index is 12.6. The van der Waals surface area contributed by atoms with E-state index in [0.29, 0.717) is 12.8 Å². The number of hydrogen-bond donors (Lipinski definition) is 1. The molecule has 2 N–H and O–H groups in total. The van der Waals surface area contributed by atoms with E-state index in [1.54, 1.807) is 12.1 Å². The summed E-state index contributed by atoms with van der Waals surface area (Å²) >= 11 is 0. The summed E-state index contributed by atoms with van der Waals surface area (Å²) in [6.45, 7) is 0. The zero-order valence-electron chi connectivity index (χ0n) is 5.39. The van der Waals surface area contributed by atoms with E-state index in [9.17, 15) is 4.39 Å². The molecule has 52 valence electrons. The Labute approximate surface area is 58.4 Å². The van der Waals surface area contributed by atoms with Crippen LogP contribution in [-0.4, -0.2) is 0 Å². The lowest BCUT2D eigenvalue weighted by Crippen LogP contribution is -2.05. The zero-order chi connectivity index (χ0) is 7.56. The van der Waals surface area contributed by atoms with Crippen molar-refractivity contribution in [2.24, 2.45) is 5.73 Å². The van der Waals surface area contributed by atoms with Crippen molar-refractivity contribution in [1.82, 2.24) is 0 Å². The second-order valence-electron chi connectivity index (χ2n) is 2.09. The van der Waals surface area contributed by atoms with Crippen molar-refractivity contribution < 1.29 is 4.39 Å². The van der Waals surface area contributed by atoms with Crippen molar-refractivity contribution in [2.75, 3.05) is 0 Å². The lowest BCUT2D eigenvalue weighted by atomic mass is 10.0. The molecule has 1 rings (SSSR count). The molecule has 0 spiro atoms. The van der Waals surface area contributed by atoms with Crippen LogP contribution in [0.4, 0.5) is 4.39 Å². The van der Waals surface area contributed by atoms with Crippen LogP contribution in [0.1, 0.15) is 12.8 Å². The average Bonchev–Trinajstić information content (AvgIpc) is 1.88. The summed E-state index contributed by atoms with van der Waals surface area (Å²) in [4.78, 5) is 0. The summed E-state index contributed by atoms with van der Waals surface area (Å²) in [5.41, 5.74) is 5.60. The van der Waals surface area contributed by atoms with Crippen molar-refractivity contribution >= 4 is 0 Å². The van der Waals surface area contributed by atoms with E-state index in [1.807, 2.05) is 0 Å². The molecule has 1 aliphatic carbocycles. The summed E-state index contributed by atoms with van der Waals surface area (Å²) in [7, 11) is 0. The van der Waals surface area contributed by atoms with Gasteiger partial charge in [0.2, 0.25) is 0 Å². The topological polar surface area (TPSA) is 49.8 Å². The molecule has 0 fully saturated rings. The van der Waals surface area contributed by atoms with Gasteiger partial charge in [-0.1, -0.05) is 6.08 Å². The molecule has 0 aliphatic heterocycles. The molecular weight excluding hydrogens is 131 g/mol. The van der Waals surface area contributed by atoms with Crippen LogP contribution in [-0.2, 0) is 0 Å². The van der Waals surface area contributed by atoms with Gasteiger partial charge in [0.1, 0.15) is 17.5 Å². The molecule has 0 bridgehead atoms. The monoisotopic (exact) mass is 138 g/mol. The molecule has 2 nitrogen and oxygen atoms in total. The highest BCUT2D eigenvalue weighted by atomic mass is 19.1. The Balaban J connectivity index is 3.01. The second kappa shape index (κ2) is 2.53. The molecule has 0 amide bonds. The highest BCUT2D eigenvalue weighted by molar-refractivity contribution is 5.43. The quantitative estimate of drug-likeness (QED) is 0.549. The van der Waals surface area contributed by atoms with Gasteiger partial charge >= 0.3 is 0 Å². The maximum atomic E-state index is 12.6. The molecule has 0 aromatic rings. The Hall–Kier alpha value is -1.30. The van der Waals surface area contributed by atoms with Crippen LogP contribution in [0.25, 0.3) is 0 Å². The molecule has 0 atom stereocenters. The Kier molecular flexibility index (Phi) is 1.72. The fourth-order valence-electron chi connectivity index (χ4n) is 0.863. The molecule has 0 unspecified atom stereocenters. The van der Waals surface area contributed by atoms with Gasteiger partial charge in [-0.3, -0.25) is 0 Å². The lowest BCUT2D eigenvalue weighted by molar-refractivity contribution is 0.578. The van der Waals surface area contributed by atoms with E-state index < -0.39 is 0 Å². The number of hydrogen-bond acceptors (Lipinski definition) is 2. The largest absolute Gasteiger partial charge is 0.398 e. The summed E-state index contributed by atoms with van der Waals surface area (Å²) in [6.07, 6.45) is 2.58. The fourth-order valence-corrected chi connectivity index (χ4v) is 0.863. The van der Waals surface area contributed by atoms with Gasteiger partial charge in [0.15, 0.2) is 0 Å². The third-order valence-corrected chi connectivity index (χ3v) is 1.40. The smallest absolute Gasteiger partial charge is 0.120 e. The highest BCUT2D eigenvalue weighted by Crippen LogP contribution is 2.22. The number of nitriles is 1. The molecule has 10 heavy (non-hydrogen) atoms. The third-order valence-electron chi connectivity index (χ3n) is 1.40. The normalized spacial score (nSPS) is 18.2. The Morgan fingerprint density at radius 1 is 1.70 bits per heavy atom. The Morgan fingerprint density at radius 3 is 2.80 bits per heavy atom. The van der Waals surface area contributed by atoms with Gasteiger partial charge in [0, 0.05) is 12.1 Å². The lowest BCUT2D eigenvalue weighted by Gasteiger charge is -2.06. The first-order chi connectivity index (χ1) is 4.75. The number of rotatable bonds is 0. The number of allylic oxidation sites excluding steroid dienone is 3. The molecule has 0 aromatic carbocycles. The SMILES string of the molecule is N#CC1=C(F)CCC=C1N. The summed E-state index contributed by atoms with van der Waals surface area (Å²) < 4.78 is 12.6. The van der Waals surface area contributed by atoms with E-state index in [4.69, 9.17) is 11.0 Å². The summed E-state index contributed by atoms with van der Waals surface area (Å²) in [5, 5.41) is 8.36. The first-order valence-electron chi connectivity index (χ1n) is 3.00. The van der Waals surface area contributed by atoms with Gasteiger partial charge in [0.05, 0.1) is 0 Å². The minimum atomic E-state index is -0.387. The predicted molar refractivity (Wildman–Crippen MR) is 35.3 cm³/mol. The van der Waals surface area contributed by atoms with Crippen molar-refractivity contribution in [3.05, 3.63) is 23.2 Å². The van der Waals surface area contributed by atoms with Crippen molar-refractivity contribution in [3.8, 4) is 6.07 Å². The Morgan fingerprint density at radius 2 is 2.40 bits per heavy atom. The number of halogens is 1. The van der Waals surface area contributed by atoms with Gasteiger partial charge in [0.25, 0.3) is 0 Å². The van der Waals surface area contributed by atoms with E-state index in [1.165, 1.54) is 0 Å². The van der Waals surface area contributed by atoms with Crippen LogP contribution in [0.2, 0.25) is 0 Å². The maximum Gasteiger partial charge on any atom is 0.120 e. The summed E-state index contributed by atoms with van der Waals surface area (Å²) in [5.74, 6) is -0.387. The van der Waals surface area contributed by atoms with Gasteiger partial charge in [-0.05, 0) is 6.42 Å². The van der Waals surface area contributed by atoms with Gasteiger partial charge in [-0.25, -0.2) is 4.39 Å². The third kappa shape index (κ3) is 1.01. The van der Waals surface area contributed by atoms with Crippen molar-refractivity contribution in [1.29, 1.82) is 5.26 Å². The van der Waals surface area contributed by atoms with Crippen molar-refractivity contribution in [3.63, 3.8) is 0 Å². The van der Waals surface area contributed by atoms with Crippen LogP contribution in [0.3, 0.4) is 0 Å². The molecule has 1 aliphatic rings. The van der Waals surface area contributed by atoms with Crippen LogP contribution < -0.4 is 5.73 Å². The first-order valence-corrected chi connectivity index (χ1v) is 3.00. The highest BCUT2D eigenvalue weighted by Gasteiger charge is 2.12. The first kappa shape index (κ1) is 6.81. The second-order valence-corrected chi connectivity index (χ2v) is 2.09. The molecular formula is C7H7FN2. The molecule has 0 radical (unpaired) electrons. The number of nitrogens with zero attached hydrogens (tertiary/aromatic N) is 1. The van der Waals surface area contributed by atoms with Gasteiger partial charge in [-0.2, -0.15) is 5.26 Å². The van der Waals surface area contributed by atoms with Crippen LogP contribution in [0.15, 0.2) is 23.2 Å². The summed E-state index contributed by atoms with van der Waals surface area (Å²) in [6, 6.07) is 1.71. The van der Waals surface area contributed by atoms with Crippen LogP contribution >= 0.6 is 0 Å². The van der Waals surface area contributed by atoms with Crippen molar-refractivity contribution in [2.45, 2.75) is 12.8 Å². The molecule has 0 saturated carbocycles. The van der Waals surface area contributed by atoms with E-state index in [2.05, 4.69) is 0 Å². The standard InChI is InChI=1S/C7H7FN2/c8-6-2-1-3-7(10)5(6)4-9/h3H,1-2,10H2. The minimum absolute atomic E-state index is 0.00579. The van der Waals surface area contributed by atoms with Crippen LogP contribution in [0, 0.1) is 11.3 Å². The van der Waals surface area contributed by atoms with E-state index in [-0.39, 0.29) is 17.1 Å². The zero-order valence-corrected chi connectivity index (χ0v) is 5.39.